The molecule has 13 heavy (non-hydrogen) atoms. The van der Waals surface area contributed by atoms with Crippen LogP contribution in [0.2, 0.25) is 0 Å². The molecule has 0 amide bonds. The van der Waals surface area contributed by atoms with Crippen LogP contribution in [-0.4, -0.2) is 15.1 Å². The van der Waals surface area contributed by atoms with E-state index in [9.17, 15) is 0 Å². The summed E-state index contributed by atoms with van der Waals surface area (Å²) in [5.41, 5.74) is 0.478. The van der Waals surface area contributed by atoms with Crippen molar-refractivity contribution in [2.75, 3.05) is 5.33 Å². The highest BCUT2D eigenvalue weighted by atomic mass is 79.9. The van der Waals surface area contributed by atoms with Gasteiger partial charge in [-0.1, -0.05) is 28.8 Å². The van der Waals surface area contributed by atoms with Crippen LogP contribution in [0.25, 0.3) is 0 Å². The second-order valence-electron chi connectivity index (χ2n) is 4.04. The smallest absolute Gasteiger partial charge is 0.0489 e. The molecule has 0 unspecified atom stereocenters. The SMILES string of the molecule is BrCC1(Cn2cccn2)CCCC1. The molecular formula is C10H15BrN2. The highest BCUT2D eigenvalue weighted by Crippen LogP contribution is 2.40. The zero-order valence-electron chi connectivity index (χ0n) is 7.75. The number of nitrogens with zero attached hydrogens (tertiary/aromatic N) is 2. The first kappa shape index (κ1) is 9.25. The molecule has 2 rings (SSSR count). The van der Waals surface area contributed by atoms with E-state index in [1.807, 2.05) is 12.3 Å². The Bertz CT molecular complexity index is 250. The molecule has 1 fully saturated rings. The molecule has 72 valence electrons. The summed E-state index contributed by atoms with van der Waals surface area (Å²) in [5, 5.41) is 5.38. The monoisotopic (exact) mass is 242 g/mol. The number of aromatic nitrogens is 2. The Kier molecular flexibility index (Phi) is 2.72. The lowest BCUT2D eigenvalue weighted by Gasteiger charge is -2.26. The molecule has 1 aliphatic carbocycles. The molecule has 0 aliphatic heterocycles. The molecule has 1 aliphatic rings. The van der Waals surface area contributed by atoms with E-state index in [2.05, 4.69) is 31.9 Å². The van der Waals surface area contributed by atoms with Crippen molar-refractivity contribution >= 4 is 15.9 Å². The summed E-state index contributed by atoms with van der Waals surface area (Å²) in [7, 11) is 0. The van der Waals surface area contributed by atoms with Crippen LogP contribution < -0.4 is 0 Å². The van der Waals surface area contributed by atoms with Crippen molar-refractivity contribution in [2.45, 2.75) is 32.2 Å². The Morgan fingerprint density at radius 3 is 2.69 bits per heavy atom. The van der Waals surface area contributed by atoms with Gasteiger partial charge in [0.05, 0.1) is 0 Å². The van der Waals surface area contributed by atoms with Crippen LogP contribution in [-0.2, 0) is 6.54 Å². The third-order valence-electron chi connectivity index (χ3n) is 3.00. The number of rotatable bonds is 3. The Morgan fingerprint density at radius 2 is 2.15 bits per heavy atom. The van der Waals surface area contributed by atoms with E-state index >= 15 is 0 Å². The zero-order chi connectivity index (χ0) is 9.15. The van der Waals surface area contributed by atoms with E-state index < -0.39 is 0 Å². The van der Waals surface area contributed by atoms with Crippen molar-refractivity contribution in [3.05, 3.63) is 18.5 Å². The van der Waals surface area contributed by atoms with E-state index in [1.165, 1.54) is 25.7 Å². The number of alkyl halides is 1. The molecule has 0 N–H and O–H groups in total. The van der Waals surface area contributed by atoms with Gasteiger partial charge < -0.3 is 0 Å². The maximum Gasteiger partial charge on any atom is 0.0489 e. The fourth-order valence-corrected chi connectivity index (χ4v) is 2.93. The molecule has 1 heterocycles. The summed E-state index contributed by atoms with van der Waals surface area (Å²) in [6, 6.07) is 2.00. The van der Waals surface area contributed by atoms with Gasteiger partial charge >= 0.3 is 0 Å². The minimum atomic E-state index is 0.478. The first-order chi connectivity index (χ1) is 6.35. The Hall–Kier alpha value is -0.310. The van der Waals surface area contributed by atoms with Gasteiger partial charge in [0, 0.05) is 24.3 Å². The minimum absolute atomic E-state index is 0.478. The van der Waals surface area contributed by atoms with Crippen LogP contribution in [0.15, 0.2) is 18.5 Å². The van der Waals surface area contributed by atoms with Gasteiger partial charge in [0.15, 0.2) is 0 Å². The summed E-state index contributed by atoms with van der Waals surface area (Å²) in [5.74, 6) is 0. The zero-order valence-corrected chi connectivity index (χ0v) is 9.33. The molecule has 0 saturated heterocycles. The van der Waals surface area contributed by atoms with Gasteiger partial charge in [0.2, 0.25) is 0 Å². The lowest BCUT2D eigenvalue weighted by Crippen LogP contribution is -2.25. The standard InChI is InChI=1S/C10H15BrN2/c11-8-10(4-1-2-5-10)9-13-7-3-6-12-13/h3,6-7H,1-2,4-5,8-9H2. The molecule has 1 aromatic heterocycles. The molecule has 0 atom stereocenters. The topological polar surface area (TPSA) is 17.8 Å². The van der Waals surface area contributed by atoms with Crippen LogP contribution in [0.5, 0.6) is 0 Å². The summed E-state index contributed by atoms with van der Waals surface area (Å²) in [6.45, 7) is 1.07. The number of halogens is 1. The third-order valence-corrected chi connectivity index (χ3v) is 4.19. The van der Waals surface area contributed by atoms with Gasteiger partial charge in [-0.05, 0) is 24.3 Å². The van der Waals surface area contributed by atoms with Gasteiger partial charge in [0.25, 0.3) is 0 Å². The lowest BCUT2D eigenvalue weighted by molar-refractivity contribution is 0.278. The van der Waals surface area contributed by atoms with Crippen molar-refractivity contribution in [2.24, 2.45) is 5.41 Å². The van der Waals surface area contributed by atoms with Gasteiger partial charge in [-0.2, -0.15) is 5.10 Å². The highest BCUT2D eigenvalue weighted by Gasteiger charge is 2.33. The normalized spacial score (nSPS) is 20.7. The Labute approximate surface area is 87.5 Å². The summed E-state index contributed by atoms with van der Waals surface area (Å²) >= 11 is 3.64. The van der Waals surface area contributed by atoms with Crippen LogP contribution in [0.4, 0.5) is 0 Å². The summed E-state index contributed by atoms with van der Waals surface area (Å²) in [6.07, 6.45) is 9.37. The maximum absolute atomic E-state index is 4.27. The molecule has 1 aromatic rings. The quantitative estimate of drug-likeness (QED) is 0.746. The van der Waals surface area contributed by atoms with Crippen molar-refractivity contribution in [3.63, 3.8) is 0 Å². The fourth-order valence-electron chi connectivity index (χ4n) is 2.20. The number of hydrogen-bond donors (Lipinski definition) is 0. The van der Waals surface area contributed by atoms with Crippen LogP contribution >= 0.6 is 15.9 Å². The molecule has 2 nitrogen and oxygen atoms in total. The minimum Gasteiger partial charge on any atom is -0.272 e. The van der Waals surface area contributed by atoms with Gasteiger partial charge in [-0.15, -0.1) is 0 Å². The Balaban J connectivity index is 2.06. The van der Waals surface area contributed by atoms with E-state index in [0.717, 1.165) is 11.9 Å². The second-order valence-corrected chi connectivity index (χ2v) is 4.61. The summed E-state index contributed by atoms with van der Waals surface area (Å²) < 4.78 is 2.06. The predicted octanol–water partition coefficient (Wildman–Crippen LogP) is 2.84. The molecule has 0 radical (unpaired) electrons. The van der Waals surface area contributed by atoms with E-state index in [4.69, 9.17) is 0 Å². The van der Waals surface area contributed by atoms with Gasteiger partial charge in [-0.25, -0.2) is 0 Å². The summed E-state index contributed by atoms with van der Waals surface area (Å²) in [4.78, 5) is 0. The first-order valence-corrected chi connectivity index (χ1v) is 6.00. The molecule has 1 saturated carbocycles. The predicted molar refractivity (Wildman–Crippen MR) is 56.9 cm³/mol. The Morgan fingerprint density at radius 1 is 1.38 bits per heavy atom. The first-order valence-electron chi connectivity index (χ1n) is 4.88. The molecule has 3 heteroatoms. The molecule has 0 bridgehead atoms. The van der Waals surface area contributed by atoms with Crippen LogP contribution in [0, 0.1) is 5.41 Å². The fraction of sp³-hybridized carbons (Fsp3) is 0.700. The van der Waals surface area contributed by atoms with Crippen molar-refractivity contribution in [1.82, 2.24) is 9.78 Å². The van der Waals surface area contributed by atoms with Crippen LogP contribution in [0.3, 0.4) is 0 Å². The maximum atomic E-state index is 4.27. The van der Waals surface area contributed by atoms with Crippen molar-refractivity contribution in [3.8, 4) is 0 Å². The highest BCUT2D eigenvalue weighted by molar-refractivity contribution is 9.09. The van der Waals surface area contributed by atoms with Crippen molar-refractivity contribution < 1.29 is 0 Å². The van der Waals surface area contributed by atoms with E-state index in [-0.39, 0.29) is 0 Å². The van der Waals surface area contributed by atoms with Gasteiger partial charge in [-0.3, -0.25) is 4.68 Å². The van der Waals surface area contributed by atoms with Crippen molar-refractivity contribution in [1.29, 1.82) is 0 Å². The average molecular weight is 243 g/mol. The number of hydrogen-bond acceptors (Lipinski definition) is 1. The second kappa shape index (κ2) is 3.82. The average Bonchev–Trinajstić information content (AvgIpc) is 2.77. The van der Waals surface area contributed by atoms with E-state index in [1.54, 1.807) is 0 Å². The molecule has 0 aromatic carbocycles. The molecular weight excluding hydrogens is 228 g/mol. The van der Waals surface area contributed by atoms with Gasteiger partial charge in [0.1, 0.15) is 0 Å². The van der Waals surface area contributed by atoms with E-state index in [0.29, 0.717) is 5.41 Å². The lowest BCUT2D eigenvalue weighted by atomic mass is 9.89. The largest absolute Gasteiger partial charge is 0.272 e. The third kappa shape index (κ3) is 1.96. The molecule has 0 spiro atoms. The van der Waals surface area contributed by atoms with Crippen LogP contribution in [0.1, 0.15) is 25.7 Å².